The summed E-state index contributed by atoms with van der Waals surface area (Å²) in [6.45, 7) is 0. The topological polar surface area (TPSA) is 37.4 Å². The molecular formula is C25H20ClF2NO2S. The van der Waals surface area contributed by atoms with Crippen molar-refractivity contribution in [3.05, 3.63) is 98.2 Å². The highest BCUT2D eigenvalue weighted by molar-refractivity contribution is 7.10. The van der Waals surface area contributed by atoms with E-state index in [2.05, 4.69) is 0 Å². The second-order valence-corrected chi connectivity index (χ2v) is 9.06. The van der Waals surface area contributed by atoms with Crippen molar-refractivity contribution < 1.29 is 18.4 Å². The smallest absolute Gasteiger partial charge is 0.260 e. The van der Waals surface area contributed by atoms with E-state index >= 15 is 0 Å². The molecule has 0 unspecified atom stereocenters. The fourth-order valence-electron chi connectivity index (χ4n) is 4.31. The largest absolute Gasteiger partial charge is 0.324 e. The van der Waals surface area contributed by atoms with Crippen molar-refractivity contribution in [2.24, 2.45) is 0 Å². The number of carbonyl (C=O) groups is 2. The van der Waals surface area contributed by atoms with Crippen molar-refractivity contribution in [1.82, 2.24) is 4.90 Å². The Labute approximate surface area is 193 Å². The Hall–Kier alpha value is -2.83. The normalized spacial score (nSPS) is 19.9. The number of amides is 1. The number of thiophene rings is 1. The van der Waals surface area contributed by atoms with E-state index in [9.17, 15) is 18.4 Å². The Morgan fingerprint density at radius 3 is 2.47 bits per heavy atom. The van der Waals surface area contributed by atoms with Crippen molar-refractivity contribution in [2.45, 2.75) is 24.8 Å². The number of hydrogen-bond donors (Lipinski definition) is 0. The summed E-state index contributed by atoms with van der Waals surface area (Å²) >= 11 is 8.00. The van der Waals surface area contributed by atoms with Crippen LogP contribution in [0.2, 0.25) is 5.02 Å². The van der Waals surface area contributed by atoms with Gasteiger partial charge in [0.05, 0.1) is 0 Å². The number of halogens is 3. The minimum Gasteiger partial charge on any atom is -0.324 e. The van der Waals surface area contributed by atoms with E-state index in [1.165, 1.54) is 24.5 Å². The van der Waals surface area contributed by atoms with Crippen molar-refractivity contribution in [1.29, 1.82) is 0 Å². The SMILES string of the molecule is CN(C(=O)c1c(F)cccc1F)[C@@]1(c2ccccc2Cl)CCC/C(=C\c2cccs2)C1=O. The molecule has 1 aliphatic rings. The van der Waals surface area contributed by atoms with Crippen LogP contribution in [0.1, 0.15) is 40.1 Å². The maximum absolute atomic E-state index is 14.5. The van der Waals surface area contributed by atoms with Gasteiger partial charge in [-0.1, -0.05) is 41.9 Å². The molecule has 1 saturated carbocycles. The molecule has 0 saturated heterocycles. The Bertz CT molecular complexity index is 1190. The van der Waals surface area contributed by atoms with Crippen LogP contribution in [0, 0.1) is 11.6 Å². The highest BCUT2D eigenvalue weighted by Gasteiger charge is 2.50. The molecular weight excluding hydrogens is 452 g/mol. The summed E-state index contributed by atoms with van der Waals surface area (Å²) in [5.74, 6) is -3.16. The highest BCUT2D eigenvalue weighted by Crippen LogP contribution is 2.45. The number of nitrogens with zero attached hydrogens (tertiary/aromatic N) is 1. The molecule has 1 aromatic heterocycles. The summed E-state index contributed by atoms with van der Waals surface area (Å²) in [5.41, 5.74) is -1.18. The number of ketones is 1. The number of benzene rings is 2. The average Bonchev–Trinajstić information content (AvgIpc) is 3.28. The molecule has 1 amide bonds. The Balaban J connectivity index is 1.89. The van der Waals surface area contributed by atoms with Gasteiger partial charge in [0, 0.05) is 22.5 Å². The fourth-order valence-corrected chi connectivity index (χ4v) is 5.28. The first-order valence-corrected chi connectivity index (χ1v) is 11.4. The van der Waals surface area contributed by atoms with Crippen LogP contribution < -0.4 is 0 Å². The third-order valence-electron chi connectivity index (χ3n) is 5.88. The van der Waals surface area contributed by atoms with E-state index in [4.69, 9.17) is 11.6 Å². The van der Waals surface area contributed by atoms with Gasteiger partial charge < -0.3 is 4.90 Å². The Kier molecular flexibility index (Phi) is 6.26. The molecule has 3 aromatic rings. The van der Waals surface area contributed by atoms with Gasteiger partial charge in [-0.3, -0.25) is 9.59 Å². The summed E-state index contributed by atoms with van der Waals surface area (Å²) in [6.07, 6.45) is 3.25. The van der Waals surface area contributed by atoms with Crippen molar-refractivity contribution >= 4 is 40.7 Å². The third-order valence-corrected chi connectivity index (χ3v) is 7.03. The van der Waals surface area contributed by atoms with E-state index < -0.39 is 28.6 Å². The van der Waals surface area contributed by atoms with Crippen LogP contribution in [0.15, 0.2) is 65.6 Å². The first-order chi connectivity index (χ1) is 15.4. The van der Waals surface area contributed by atoms with Crippen LogP contribution in [0.3, 0.4) is 0 Å². The van der Waals surface area contributed by atoms with Gasteiger partial charge in [0.1, 0.15) is 22.7 Å². The van der Waals surface area contributed by atoms with Crippen molar-refractivity contribution in [3.63, 3.8) is 0 Å². The molecule has 1 fully saturated rings. The zero-order chi connectivity index (χ0) is 22.9. The predicted molar refractivity (Wildman–Crippen MR) is 123 cm³/mol. The first kappa shape index (κ1) is 22.4. The number of hydrogen-bond acceptors (Lipinski definition) is 3. The van der Waals surface area contributed by atoms with Crippen LogP contribution in [0.5, 0.6) is 0 Å². The molecule has 4 rings (SSSR count). The zero-order valence-electron chi connectivity index (χ0n) is 17.3. The molecule has 7 heteroatoms. The fraction of sp³-hybridized carbons (Fsp3) is 0.200. The lowest BCUT2D eigenvalue weighted by Crippen LogP contribution is -2.55. The van der Waals surface area contributed by atoms with Gasteiger partial charge in [0.2, 0.25) is 0 Å². The summed E-state index contributed by atoms with van der Waals surface area (Å²) in [5, 5.41) is 2.23. The van der Waals surface area contributed by atoms with Crippen LogP contribution in [0.4, 0.5) is 8.78 Å². The van der Waals surface area contributed by atoms with Gasteiger partial charge in [-0.05, 0) is 60.6 Å². The number of Topliss-reactive ketones (excluding diaryl/α,β-unsaturated/α-hetero) is 1. The molecule has 0 N–H and O–H groups in total. The molecule has 1 aliphatic carbocycles. The minimum atomic E-state index is -1.48. The highest BCUT2D eigenvalue weighted by atomic mass is 35.5. The van der Waals surface area contributed by atoms with Gasteiger partial charge in [0.15, 0.2) is 5.78 Å². The lowest BCUT2D eigenvalue weighted by atomic mass is 9.71. The standard InChI is InChI=1S/C25H20ClF2NO2S/c1-29(24(31)22-20(27)11-4-12-21(22)28)25(18-9-2-3-10-19(18)26)13-5-7-16(23(25)30)15-17-8-6-14-32-17/h2-4,6,8-12,14-15H,5,7,13H2,1H3/b16-15+/t25-/m1/s1. The van der Waals surface area contributed by atoms with Crippen LogP contribution in [-0.2, 0) is 10.3 Å². The van der Waals surface area contributed by atoms with Gasteiger partial charge in [0.25, 0.3) is 5.91 Å². The summed E-state index contributed by atoms with van der Waals surface area (Å²) in [4.78, 5) is 29.4. The van der Waals surface area contributed by atoms with Gasteiger partial charge in [-0.15, -0.1) is 11.3 Å². The maximum atomic E-state index is 14.5. The summed E-state index contributed by atoms with van der Waals surface area (Å²) in [7, 11) is 1.41. The second-order valence-electron chi connectivity index (χ2n) is 7.67. The van der Waals surface area contributed by atoms with E-state index in [0.717, 1.165) is 21.9 Å². The molecule has 0 radical (unpaired) electrons. The predicted octanol–water partition coefficient (Wildman–Crippen LogP) is 6.48. The van der Waals surface area contributed by atoms with Crippen molar-refractivity contribution in [3.8, 4) is 0 Å². The number of likely N-dealkylation sites (N-methyl/N-ethyl adjacent to an activating group) is 1. The third kappa shape index (κ3) is 3.78. The van der Waals surface area contributed by atoms with E-state index in [1.807, 2.05) is 23.6 Å². The second kappa shape index (κ2) is 8.96. The Morgan fingerprint density at radius 2 is 1.81 bits per heavy atom. The average molecular weight is 472 g/mol. The molecule has 164 valence electrons. The van der Waals surface area contributed by atoms with Crippen LogP contribution in [-0.4, -0.2) is 23.6 Å². The van der Waals surface area contributed by atoms with Gasteiger partial charge in [-0.25, -0.2) is 8.78 Å². The molecule has 1 atom stereocenters. The molecule has 32 heavy (non-hydrogen) atoms. The molecule has 3 nitrogen and oxygen atoms in total. The number of rotatable bonds is 4. The van der Waals surface area contributed by atoms with Gasteiger partial charge >= 0.3 is 0 Å². The van der Waals surface area contributed by atoms with E-state index in [-0.39, 0.29) is 12.2 Å². The van der Waals surface area contributed by atoms with Crippen LogP contribution >= 0.6 is 22.9 Å². The molecule has 0 spiro atoms. The zero-order valence-corrected chi connectivity index (χ0v) is 18.9. The quantitative estimate of drug-likeness (QED) is 0.408. The number of carbonyl (C=O) groups excluding carboxylic acids is 2. The molecule has 1 heterocycles. The first-order valence-electron chi connectivity index (χ1n) is 10.1. The molecule has 0 bridgehead atoms. The lowest BCUT2D eigenvalue weighted by Gasteiger charge is -2.44. The van der Waals surface area contributed by atoms with E-state index in [1.54, 1.807) is 24.3 Å². The molecule has 0 aliphatic heterocycles. The van der Waals surface area contributed by atoms with Gasteiger partial charge in [-0.2, -0.15) is 0 Å². The molecule has 2 aromatic carbocycles. The van der Waals surface area contributed by atoms with E-state index in [0.29, 0.717) is 29.0 Å². The summed E-state index contributed by atoms with van der Waals surface area (Å²) in [6, 6.07) is 13.8. The van der Waals surface area contributed by atoms with Crippen molar-refractivity contribution in [2.75, 3.05) is 7.05 Å². The van der Waals surface area contributed by atoms with Crippen LogP contribution in [0.25, 0.3) is 6.08 Å². The minimum absolute atomic E-state index is 0.287. The maximum Gasteiger partial charge on any atom is 0.260 e. The summed E-state index contributed by atoms with van der Waals surface area (Å²) < 4.78 is 28.9. The monoisotopic (exact) mass is 471 g/mol. The Morgan fingerprint density at radius 1 is 1.09 bits per heavy atom. The lowest BCUT2D eigenvalue weighted by molar-refractivity contribution is -0.128.